The van der Waals surface area contributed by atoms with Crippen LogP contribution in [0, 0.1) is 0 Å². The van der Waals surface area contributed by atoms with Crippen LogP contribution in [0.25, 0.3) is 0 Å². The summed E-state index contributed by atoms with van der Waals surface area (Å²) in [6, 6.07) is 0. The van der Waals surface area contributed by atoms with Crippen molar-refractivity contribution in [1.29, 1.82) is 0 Å². The molecule has 0 saturated carbocycles. The van der Waals surface area contributed by atoms with Crippen molar-refractivity contribution in [3.63, 3.8) is 0 Å². The average Bonchev–Trinajstić information content (AvgIpc) is 3.19. The lowest BCUT2D eigenvalue weighted by atomic mass is 10.1. The first-order chi connectivity index (χ1) is 28.4. The van der Waals surface area contributed by atoms with Crippen molar-refractivity contribution >= 4 is 19.8 Å². The Kier molecular flexibility index (Phi) is 37.4. The number of quaternary nitrogens is 1. The van der Waals surface area contributed by atoms with Gasteiger partial charge in [0.2, 0.25) is 0 Å². The third-order valence-electron chi connectivity index (χ3n) is 9.05. The Labute approximate surface area is 359 Å². The molecule has 1 N–H and O–H groups in total. The predicted octanol–water partition coefficient (Wildman–Crippen LogP) is 11.1. The molecule has 1 unspecified atom stereocenters. The van der Waals surface area contributed by atoms with Gasteiger partial charge in [0.1, 0.15) is 19.8 Å². The van der Waals surface area contributed by atoms with Gasteiger partial charge in [0, 0.05) is 12.8 Å². The molecule has 0 aliphatic carbocycles. The number of ether oxygens (including phenoxy) is 2. The van der Waals surface area contributed by atoms with E-state index in [2.05, 4.69) is 79.8 Å². The molecule has 0 rings (SSSR count). The Hall–Kier alpha value is -2.85. The van der Waals surface area contributed by atoms with Crippen molar-refractivity contribution in [3.05, 3.63) is 85.1 Å². The minimum Gasteiger partial charge on any atom is -0.756 e. The number of phosphoric acid groups is 1. The number of aliphatic hydroxyl groups excluding tert-OH is 1. The first-order valence-electron chi connectivity index (χ1n) is 22.4. The number of phosphoric ester groups is 1. The van der Waals surface area contributed by atoms with E-state index in [-0.39, 0.29) is 32.2 Å². The SMILES string of the molecule is CCCCC/C=C\C/C=C\C/C=C\CCCCCCC(=O)OC[C@H](COP(=O)([O-])OCC[N+](C)(C)C)OC(=O)CCC/C=C\C/C=C\C/C=C\C/C=C\CC[C@H](O)CC. The van der Waals surface area contributed by atoms with Crippen LogP contribution in [0.1, 0.15) is 149 Å². The molecule has 0 aromatic carbocycles. The lowest BCUT2D eigenvalue weighted by Gasteiger charge is -2.28. The summed E-state index contributed by atoms with van der Waals surface area (Å²) in [4.78, 5) is 37.5. The smallest absolute Gasteiger partial charge is 0.306 e. The number of carbonyl (C=O) groups excluding carboxylic acids is 2. The molecule has 0 bridgehead atoms. The molecule has 0 aromatic heterocycles. The molecule has 59 heavy (non-hydrogen) atoms. The van der Waals surface area contributed by atoms with Crippen molar-refractivity contribution in [1.82, 2.24) is 0 Å². The zero-order valence-electron chi connectivity index (χ0n) is 37.5. The van der Waals surface area contributed by atoms with Gasteiger partial charge in [0.15, 0.2) is 6.10 Å². The first-order valence-corrected chi connectivity index (χ1v) is 23.8. The van der Waals surface area contributed by atoms with Crippen LogP contribution in [-0.4, -0.2) is 81.2 Å². The van der Waals surface area contributed by atoms with Crippen LogP contribution in [0.5, 0.6) is 0 Å². The van der Waals surface area contributed by atoms with Gasteiger partial charge in [-0.25, -0.2) is 0 Å². The third kappa shape index (κ3) is 43.1. The van der Waals surface area contributed by atoms with E-state index >= 15 is 0 Å². The fourth-order valence-electron chi connectivity index (χ4n) is 5.34. The summed E-state index contributed by atoms with van der Waals surface area (Å²) in [6.07, 6.45) is 47.0. The topological polar surface area (TPSA) is 131 Å². The normalized spacial score (nSPS) is 14.9. The Morgan fingerprint density at radius 1 is 0.610 bits per heavy atom. The second kappa shape index (κ2) is 39.3. The Morgan fingerprint density at radius 3 is 1.61 bits per heavy atom. The van der Waals surface area contributed by atoms with Gasteiger partial charge in [-0.05, 0) is 96.3 Å². The van der Waals surface area contributed by atoms with Gasteiger partial charge in [-0.1, -0.05) is 125 Å². The summed E-state index contributed by atoms with van der Waals surface area (Å²) in [5.41, 5.74) is 0. The number of carbonyl (C=O) groups is 2. The van der Waals surface area contributed by atoms with Crippen LogP contribution >= 0.6 is 7.82 Å². The molecule has 0 amide bonds. The third-order valence-corrected chi connectivity index (χ3v) is 10.0. The highest BCUT2D eigenvalue weighted by atomic mass is 31.2. The molecule has 338 valence electrons. The number of nitrogens with zero attached hydrogens (tertiary/aromatic N) is 1. The maximum Gasteiger partial charge on any atom is 0.306 e. The van der Waals surface area contributed by atoms with Crippen LogP contribution in [0.4, 0.5) is 0 Å². The Morgan fingerprint density at radius 2 is 1.08 bits per heavy atom. The van der Waals surface area contributed by atoms with Crippen LogP contribution in [0.15, 0.2) is 85.1 Å². The van der Waals surface area contributed by atoms with E-state index < -0.39 is 32.5 Å². The Balaban J connectivity index is 4.52. The summed E-state index contributed by atoms with van der Waals surface area (Å²) in [5.74, 6) is -0.953. The van der Waals surface area contributed by atoms with Gasteiger partial charge >= 0.3 is 11.9 Å². The number of likely N-dealkylation sites (N-methyl/N-ethyl adjacent to an activating group) is 1. The molecule has 0 aliphatic rings. The number of hydrogen-bond donors (Lipinski definition) is 1. The van der Waals surface area contributed by atoms with Gasteiger partial charge in [-0.2, -0.15) is 0 Å². The largest absolute Gasteiger partial charge is 0.756 e. The molecule has 0 spiro atoms. The monoisotopic (exact) mass is 848 g/mol. The van der Waals surface area contributed by atoms with Gasteiger partial charge < -0.3 is 33.0 Å². The molecule has 10 nitrogen and oxygen atoms in total. The molecule has 11 heteroatoms. The summed E-state index contributed by atoms with van der Waals surface area (Å²) < 4.78 is 33.8. The molecule has 0 fully saturated rings. The molecule has 0 aliphatic heterocycles. The van der Waals surface area contributed by atoms with E-state index in [1.54, 1.807) is 0 Å². The minimum absolute atomic E-state index is 0.0558. The highest BCUT2D eigenvalue weighted by Crippen LogP contribution is 2.38. The van der Waals surface area contributed by atoms with Crippen molar-refractivity contribution < 1.29 is 47.2 Å². The van der Waals surface area contributed by atoms with Crippen molar-refractivity contribution in [2.45, 2.75) is 161 Å². The lowest BCUT2D eigenvalue weighted by Crippen LogP contribution is -2.37. The van der Waals surface area contributed by atoms with Crippen LogP contribution < -0.4 is 4.89 Å². The van der Waals surface area contributed by atoms with E-state index in [0.717, 1.165) is 77.0 Å². The number of rotatable bonds is 39. The maximum absolute atomic E-state index is 12.7. The van der Waals surface area contributed by atoms with Crippen LogP contribution in [0.2, 0.25) is 0 Å². The van der Waals surface area contributed by atoms with Crippen molar-refractivity contribution in [3.8, 4) is 0 Å². The predicted molar refractivity (Wildman–Crippen MR) is 242 cm³/mol. The fourth-order valence-corrected chi connectivity index (χ4v) is 6.07. The van der Waals surface area contributed by atoms with Gasteiger partial charge in [0.25, 0.3) is 7.82 Å². The zero-order valence-corrected chi connectivity index (χ0v) is 38.4. The first kappa shape index (κ1) is 56.1. The van der Waals surface area contributed by atoms with E-state index in [0.29, 0.717) is 30.3 Å². The summed E-state index contributed by atoms with van der Waals surface area (Å²) in [7, 11) is 1.08. The number of allylic oxidation sites excluding steroid dienone is 14. The molecule has 0 saturated heterocycles. The van der Waals surface area contributed by atoms with E-state index in [4.69, 9.17) is 18.5 Å². The highest BCUT2D eigenvalue weighted by molar-refractivity contribution is 7.45. The summed E-state index contributed by atoms with van der Waals surface area (Å²) >= 11 is 0. The lowest BCUT2D eigenvalue weighted by molar-refractivity contribution is -0.870. The zero-order chi connectivity index (χ0) is 43.7. The van der Waals surface area contributed by atoms with E-state index in [1.165, 1.54) is 25.7 Å². The quantitative estimate of drug-likeness (QED) is 0.0211. The molecule has 0 aromatic rings. The Bertz CT molecular complexity index is 1300. The van der Waals surface area contributed by atoms with Gasteiger partial charge in [-0.15, -0.1) is 0 Å². The second-order valence-corrected chi connectivity index (χ2v) is 17.3. The molecule has 0 radical (unpaired) electrons. The van der Waals surface area contributed by atoms with Gasteiger partial charge in [-0.3, -0.25) is 14.2 Å². The molecule has 0 heterocycles. The highest BCUT2D eigenvalue weighted by Gasteiger charge is 2.21. The minimum atomic E-state index is -4.66. The molecule has 3 atom stereocenters. The number of unbranched alkanes of at least 4 members (excludes halogenated alkanes) is 8. The maximum atomic E-state index is 12.7. The van der Waals surface area contributed by atoms with Crippen LogP contribution in [-0.2, 0) is 32.7 Å². The number of esters is 2. The van der Waals surface area contributed by atoms with Crippen molar-refractivity contribution in [2.24, 2.45) is 0 Å². The summed E-state index contributed by atoms with van der Waals surface area (Å²) in [6.45, 7) is 3.79. The van der Waals surface area contributed by atoms with E-state index in [1.807, 2.05) is 40.2 Å². The van der Waals surface area contributed by atoms with Crippen molar-refractivity contribution in [2.75, 3.05) is 47.5 Å². The average molecular weight is 848 g/mol. The number of hydrogen-bond acceptors (Lipinski definition) is 9. The van der Waals surface area contributed by atoms with Gasteiger partial charge in [0.05, 0.1) is 33.9 Å². The van der Waals surface area contributed by atoms with E-state index in [9.17, 15) is 24.2 Å². The molecular weight excluding hydrogens is 765 g/mol. The second-order valence-electron chi connectivity index (χ2n) is 15.8. The standard InChI is InChI=1S/C48H82NO9P/c1-6-8-9-10-11-12-13-14-15-16-17-21-24-27-30-33-36-39-47(51)55-43-46(44-57-59(53,54)56-42-41-49(3,4)5)58-48(52)40-37-34-31-28-25-22-19-18-20-23-26-29-32-35-38-45(50)7-2/h11-12,14-15,17,19-23,28-29,31-32,45-46,50H,6-10,13,16,18,24-27,30,33-44H2,1-5H3/b12-11-,15-14-,21-17-,22-19-,23-20-,31-28-,32-29-/t45-,46-/m1/s1. The fraction of sp³-hybridized carbons (Fsp3) is 0.667. The number of aliphatic hydroxyl groups is 1. The summed E-state index contributed by atoms with van der Waals surface area (Å²) in [5, 5.41) is 9.57. The van der Waals surface area contributed by atoms with Crippen LogP contribution in [0.3, 0.4) is 0 Å². The molecular formula is C48H82NO9P.